The Hall–Kier alpha value is -3.34. The maximum Gasteiger partial charge on any atom is 0.168 e. The Bertz CT molecular complexity index is 1330. The molecule has 0 fully saturated rings. The average molecular weight is 360 g/mol. The zero-order valence-electron chi connectivity index (χ0n) is 19.3. The molecule has 0 aliphatic carbocycles. The summed E-state index contributed by atoms with van der Waals surface area (Å²) < 4.78 is 34.0. The summed E-state index contributed by atoms with van der Waals surface area (Å²) in [4.78, 5) is 26.0. The van der Waals surface area contributed by atoms with Crippen LogP contribution in [0.5, 0.6) is 0 Å². The molecule has 5 heteroatoms. The number of aryl methyl sites for hydroxylation is 1. The molecular formula is C22H20N4O. The van der Waals surface area contributed by atoms with Crippen molar-refractivity contribution in [1.29, 1.82) is 0 Å². The maximum atomic E-state index is 12.9. The Kier molecular flexibility index (Phi) is 3.24. The summed E-state index contributed by atoms with van der Waals surface area (Å²) in [7, 11) is 1.92. The van der Waals surface area contributed by atoms with Crippen molar-refractivity contribution in [3.63, 3.8) is 0 Å². The lowest BCUT2D eigenvalue weighted by molar-refractivity contribution is 0.0992. The maximum absolute atomic E-state index is 12.9. The van der Waals surface area contributed by atoms with Crippen LogP contribution in [0.1, 0.15) is 32.9 Å². The highest BCUT2D eigenvalue weighted by Crippen LogP contribution is 2.23. The smallest absolute Gasteiger partial charge is 0.168 e. The SMILES string of the molecule is [2H]c1c([2H])c(C(=O)Cc2cc3cc(-c4cnc(C)n4C)ncc3cn2)c([2H])c([2H])c1C. The van der Waals surface area contributed by atoms with Crippen LogP contribution in [0.3, 0.4) is 0 Å². The van der Waals surface area contributed by atoms with Crippen molar-refractivity contribution in [3.05, 3.63) is 77.5 Å². The minimum absolute atomic E-state index is 0.127. The van der Waals surface area contributed by atoms with Gasteiger partial charge in [-0.2, -0.15) is 0 Å². The van der Waals surface area contributed by atoms with Gasteiger partial charge in [0.1, 0.15) is 5.82 Å². The van der Waals surface area contributed by atoms with Crippen LogP contribution >= 0.6 is 0 Å². The van der Waals surface area contributed by atoms with Gasteiger partial charge in [-0.05, 0) is 31.4 Å². The first-order chi connectivity index (χ1) is 14.7. The van der Waals surface area contributed by atoms with Crippen molar-refractivity contribution in [2.45, 2.75) is 20.3 Å². The third-order valence-electron chi connectivity index (χ3n) is 4.51. The normalized spacial score (nSPS) is 13.1. The lowest BCUT2D eigenvalue weighted by Gasteiger charge is -2.06. The summed E-state index contributed by atoms with van der Waals surface area (Å²) in [5, 5.41) is 1.67. The summed E-state index contributed by atoms with van der Waals surface area (Å²) in [6.07, 6.45) is 4.98. The van der Waals surface area contributed by atoms with Gasteiger partial charge in [0, 0.05) is 36.1 Å². The number of fused-ring (bicyclic) bond motifs is 1. The molecule has 3 aromatic heterocycles. The molecule has 0 aliphatic heterocycles. The van der Waals surface area contributed by atoms with Gasteiger partial charge < -0.3 is 4.57 Å². The molecule has 4 rings (SSSR count). The fourth-order valence-electron chi connectivity index (χ4n) is 2.83. The molecule has 5 nitrogen and oxygen atoms in total. The first-order valence-electron chi connectivity index (χ1n) is 10.5. The van der Waals surface area contributed by atoms with Crippen molar-refractivity contribution < 1.29 is 10.3 Å². The van der Waals surface area contributed by atoms with E-state index in [1.807, 2.05) is 24.6 Å². The molecule has 0 bridgehead atoms. The molecule has 0 N–H and O–H groups in total. The largest absolute Gasteiger partial charge is 0.330 e. The Morgan fingerprint density at radius 3 is 2.44 bits per heavy atom. The van der Waals surface area contributed by atoms with E-state index in [0.717, 1.165) is 28.0 Å². The molecule has 0 aliphatic rings. The van der Waals surface area contributed by atoms with Crippen molar-refractivity contribution >= 4 is 16.6 Å². The Morgan fingerprint density at radius 2 is 1.74 bits per heavy atom. The summed E-state index contributed by atoms with van der Waals surface area (Å²) in [5.41, 5.74) is 2.12. The number of pyridine rings is 2. The van der Waals surface area contributed by atoms with Gasteiger partial charge in [-0.1, -0.05) is 29.7 Å². The third kappa shape index (κ3) is 3.36. The summed E-state index contributed by atoms with van der Waals surface area (Å²) in [6.45, 7) is 3.42. The minimum atomic E-state index is -0.500. The molecule has 0 saturated carbocycles. The van der Waals surface area contributed by atoms with E-state index in [0.29, 0.717) is 5.69 Å². The Balaban J connectivity index is 1.71. The van der Waals surface area contributed by atoms with Crippen LogP contribution in [0.15, 0.2) is 54.9 Å². The fraction of sp³-hybridized carbons (Fsp3) is 0.182. The number of rotatable bonds is 4. The minimum Gasteiger partial charge on any atom is -0.330 e. The van der Waals surface area contributed by atoms with Crippen molar-refractivity contribution in [2.75, 3.05) is 0 Å². The van der Waals surface area contributed by atoms with Crippen molar-refractivity contribution in [1.82, 2.24) is 19.5 Å². The van der Waals surface area contributed by atoms with Crippen molar-refractivity contribution in [3.8, 4) is 11.4 Å². The number of aromatic nitrogens is 4. The number of carbonyl (C=O) groups excluding carboxylic acids is 1. The van der Waals surface area contributed by atoms with E-state index in [9.17, 15) is 4.79 Å². The average Bonchev–Trinajstić information content (AvgIpc) is 3.09. The quantitative estimate of drug-likeness (QED) is 0.515. The molecule has 27 heavy (non-hydrogen) atoms. The van der Waals surface area contributed by atoms with Crippen LogP contribution in [0.2, 0.25) is 0 Å². The second-order valence-electron chi connectivity index (χ2n) is 6.44. The molecule has 0 saturated heterocycles. The van der Waals surface area contributed by atoms with Crippen LogP contribution in [-0.2, 0) is 13.5 Å². The summed E-state index contributed by atoms with van der Waals surface area (Å²) >= 11 is 0. The second kappa shape index (κ2) is 6.76. The molecule has 0 radical (unpaired) electrons. The van der Waals surface area contributed by atoms with Gasteiger partial charge in [-0.3, -0.25) is 14.8 Å². The lowest BCUT2D eigenvalue weighted by atomic mass is 10.0. The highest BCUT2D eigenvalue weighted by Gasteiger charge is 2.11. The van der Waals surface area contributed by atoms with Crippen molar-refractivity contribution in [2.24, 2.45) is 7.05 Å². The predicted octanol–water partition coefficient (Wildman–Crippen LogP) is 4.07. The molecular weight excluding hydrogens is 336 g/mol. The van der Waals surface area contributed by atoms with Gasteiger partial charge in [0.2, 0.25) is 0 Å². The third-order valence-corrected chi connectivity index (χ3v) is 4.51. The van der Waals surface area contributed by atoms with E-state index in [1.54, 1.807) is 24.7 Å². The van der Waals surface area contributed by atoms with Gasteiger partial charge in [0.25, 0.3) is 0 Å². The van der Waals surface area contributed by atoms with Crippen LogP contribution in [0.25, 0.3) is 22.2 Å². The monoisotopic (exact) mass is 360 g/mol. The van der Waals surface area contributed by atoms with Crippen LogP contribution in [0, 0.1) is 13.8 Å². The van der Waals surface area contributed by atoms with Gasteiger partial charge in [0.15, 0.2) is 5.78 Å². The number of imidazole rings is 1. The highest BCUT2D eigenvalue weighted by molar-refractivity contribution is 5.97. The summed E-state index contributed by atoms with van der Waals surface area (Å²) in [6, 6.07) is 2.66. The van der Waals surface area contributed by atoms with E-state index < -0.39 is 5.78 Å². The molecule has 1 aromatic carbocycles. The Labute approximate surface area is 163 Å². The van der Waals surface area contributed by atoms with E-state index in [-0.39, 0.29) is 41.7 Å². The number of benzene rings is 1. The van der Waals surface area contributed by atoms with E-state index in [4.69, 9.17) is 5.48 Å². The number of hydrogen-bond acceptors (Lipinski definition) is 4. The van der Waals surface area contributed by atoms with Gasteiger partial charge >= 0.3 is 0 Å². The first kappa shape index (κ1) is 12.9. The standard InChI is InChI=1S/C22H20N4O/c1-14-4-6-16(7-5-14)22(27)10-19-8-17-9-20(25-12-18(17)11-24-19)21-13-23-15(2)26(21)3/h4-9,11-13H,10H2,1-3H3/i4D,5D,6D,7D. The zero-order valence-corrected chi connectivity index (χ0v) is 15.3. The molecule has 134 valence electrons. The summed E-state index contributed by atoms with van der Waals surface area (Å²) in [5.74, 6) is 0.372. The second-order valence-corrected chi connectivity index (χ2v) is 6.44. The molecule has 0 amide bonds. The number of nitrogens with zero attached hydrogens (tertiary/aromatic N) is 4. The molecule has 0 unspecified atom stereocenters. The Morgan fingerprint density at radius 1 is 1.00 bits per heavy atom. The molecule has 3 heterocycles. The van der Waals surface area contributed by atoms with E-state index in [2.05, 4.69) is 15.0 Å². The molecule has 0 atom stereocenters. The van der Waals surface area contributed by atoms with Gasteiger partial charge in [0.05, 0.1) is 29.5 Å². The van der Waals surface area contributed by atoms with E-state index in [1.165, 1.54) is 6.92 Å². The predicted molar refractivity (Wildman–Crippen MR) is 106 cm³/mol. The molecule has 4 aromatic rings. The van der Waals surface area contributed by atoms with Crippen LogP contribution < -0.4 is 0 Å². The number of carbonyl (C=O) groups is 1. The fourth-order valence-corrected chi connectivity index (χ4v) is 2.83. The highest BCUT2D eigenvalue weighted by atomic mass is 16.1. The number of ketones is 1. The van der Waals surface area contributed by atoms with Gasteiger partial charge in [-0.15, -0.1) is 0 Å². The van der Waals surface area contributed by atoms with Gasteiger partial charge in [-0.25, -0.2) is 4.98 Å². The number of hydrogen-bond donors (Lipinski definition) is 0. The van der Waals surface area contributed by atoms with Crippen LogP contribution in [0.4, 0.5) is 0 Å². The number of Topliss-reactive ketones (excluding diaryl/α,β-unsaturated/α-hetero) is 1. The zero-order chi connectivity index (χ0) is 22.4. The topological polar surface area (TPSA) is 60.7 Å². The first-order valence-corrected chi connectivity index (χ1v) is 8.52. The molecule has 0 spiro atoms. The lowest BCUT2D eigenvalue weighted by Crippen LogP contribution is -2.05. The van der Waals surface area contributed by atoms with E-state index >= 15 is 0 Å². The van der Waals surface area contributed by atoms with Crippen LogP contribution in [-0.4, -0.2) is 25.3 Å².